The largest absolute Gasteiger partial charge is 0.238 e. The van der Waals surface area contributed by atoms with Crippen LogP contribution in [0, 0.1) is 6.92 Å². The maximum absolute atomic E-state index is 5.21. The molecule has 91 heavy (non-hydrogen) atoms. The lowest BCUT2D eigenvalue weighted by Gasteiger charge is -2.15. The summed E-state index contributed by atoms with van der Waals surface area (Å²) < 4.78 is 0. The zero-order valence-electron chi connectivity index (χ0n) is 64.2. The normalized spacial score (nSPS) is 11.8. The average molecular weight is 1270 g/mol. The molecule has 1 heterocycles. The number of hydrogen-bond acceptors (Lipinski definition) is 2. The molecule has 0 fully saturated rings. The van der Waals surface area contributed by atoms with Crippen LogP contribution in [0.25, 0.3) is 0 Å². The van der Waals surface area contributed by atoms with Crippen molar-refractivity contribution in [2.24, 2.45) is 0 Å². The van der Waals surface area contributed by atoms with E-state index >= 15 is 0 Å². The molecule has 0 amide bonds. The van der Waals surface area contributed by atoms with Gasteiger partial charge in [-0.1, -0.05) is 502 Å². The van der Waals surface area contributed by atoms with Gasteiger partial charge in [0, 0.05) is 11.4 Å². The van der Waals surface area contributed by atoms with Crippen molar-refractivity contribution < 1.29 is 0 Å². The molecule has 0 N–H and O–H groups in total. The van der Waals surface area contributed by atoms with Gasteiger partial charge in [-0.2, -0.15) is 0 Å². The molecule has 0 aliphatic carbocycles. The lowest BCUT2D eigenvalue weighted by Crippen LogP contribution is -2.09. The van der Waals surface area contributed by atoms with Crippen LogP contribution in [0.2, 0.25) is 0 Å². The molecule has 1 aromatic heterocycles. The van der Waals surface area contributed by atoms with Gasteiger partial charge in [0.15, 0.2) is 0 Å². The molecule has 1 aromatic rings. The molecular formula is C89H174N2. The predicted octanol–water partition coefficient (Wildman–Crippen LogP) is 32.9. The molecule has 0 bridgehead atoms. The summed E-state index contributed by atoms with van der Waals surface area (Å²) in [5.74, 6) is 1.03. The van der Waals surface area contributed by atoms with Crippen molar-refractivity contribution in [1.29, 1.82) is 0 Å². The molecule has 0 spiro atoms. The molecule has 0 aliphatic heterocycles. The topological polar surface area (TPSA) is 25.8 Å². The zero-order valence-corrected chi connectivity index (χ0v) is 64.2. The minimum absolute atomic E-state index is 1.03. The summed E-state index contributed by atoms with van der Waals surface area (Å²) in [7, 11) is 0. The van der Waals surface area contributed by atoms with Crippen molar-refractivity contribution in [3.05, 3.63) is 22.8 Å². The molecule has 2 nitrogen and oxygen atoms in total. The Morgan fingerprint density at radius 1 is 0.143 bits per heavy atom. The third kappa shape index (κ3) is 68.8. The Bertz CT molecular complexity index is 1390. The van der Waals surface area contributed by atoms with Gasteiger partial charge in [-0.3, -0.25) is 0 Å². The minimum Gasteiger partial charge on any atom is -0.238 e. The van der Waals surface area contributed by atoms with Crippen LogP contribution in [-0.2, 0) is 19.3 Å². The van der Waals surface area contributed by atoms with E-state index in [2.05, 4.69) is 27.7 Å². The highest BCUT2D eigenvalue weighted by atomic mass is 14.9. The predicted molar refractivity (Wildman–Crippen MR) is 415 cm³/mol. The van der Waals surface area contributed by atoms with Crippen LogP contribution in [0.15, 0.2) is 0 Å². The number of nitrogens with zero attached hydrogens (tertiary/aromatic N) is 2. The van der Waals surface area contributed by atoms with Gasteiger partial charge in [0.1, 0.15) is 5.82 Å². The minimum atomic E-state index is 1.03. The molecule has 2 heteroatoms. The Kier molecular flexibility index (Phi) is 75.6. The molecule has 0 unspecified atom stereocenters. The van der Waals surface area contributed by atoms with E-state index in [4.69, 9.17) is 9.97 Å². The molecule has 0 radical (unpaired) electrons. The second-order valence-corrected chi connectivity index (χ2v) is 30.9. The summed E-state index contributed by atoms with van der Waals surface area (Å²) in [6.45, 7) is 9.14. The third-order valence-electron chi connectivity index (χ3n) is 21.6. The Balaban J connectivity index is 2.26. The first kappa shape index (κ1) is 88.1. The number of unbranched alkanes of at least 4 members (excludes halogenated alkanes) is 75. The van der Waals surface area contributed by atoms with Crippen LogP contribution in [-0.4, -0.2) is 9.97 Å². The fourth-order valence-electron chi connectivity index (χ4n) is 15.3. The second-order valence-electron chi connectivity index (χ2n) is 30.9. The van der Waals surface area contributed by atoms with Gasteiger partial charge >= 0.3 is 0 Å². The van der Waals surface area contributed by atoms with E-state index in [0.717, 1.165) is 5.82 Å². The third-order valence-corrected chi connectivity index (χ3v) is 21.6. The second kappa shape index (κ2) is 78.1. The SMILES string of the molecule is CCCCCCCCCCCCCCCCCCCCCCCCCCCCc1nc(C)nc(CCCCCCCCCCCCCCCCCCCCCCCCCCCC)c1CCCCCCCCCCCCCCCCCCCCCCCCCCCC. The maximum Gasteiger partial charge on any atom is 0.125 e. The lowest BCUT2D eigenvalue weighted by molar-refractivity contribution is 0.514. The molecule has 0 saturated heterocycles. The summed E-state index contributed by atoms with van der Waals surface area (Å²) in [6.07, 6.45) is 117. The molecule has 0 aliphatic rings. The van der Waals surface area contributed by atoms with Crippen LogP contribution >= 0.6 is 0 Å². The Morgan fingerprint density at radius 2 is 0.253 bits per heavy atom. The van der Waals surface area contributed by atoms with E-state index in [1.165, 1.54) is 531 Å². The molecule has 0 aromatic carbocycles. The number of aromatic nitrogens is 2. The van der Waals surface area contributed by atoms with Crippen LogP contribution in [0.4, 0.5) is 0 Å². The van der Waals surface area contributed by atoms with Gasteiger partial charge in [0.05, 0.1) is 0 Å². The first-order valence-corrected chi connectivity index (χ1v) is 44.1. The highest BCUT2D eigenvalue weighted by molar-refractivity contribution is 5.27. The first-order valence-electron chi connectivity index (χ1n) is 44.1. The van der Waals surface area contributed by atoms with E-state index in [9.17, 15) is 0 Å². The van der Waals surface area contributed by atoms with E-state index in [1.807, 2.05) is 0 Å². The van der Waals surface area contributed by atoms with Gasteiger partial charge in [-0.05, 0) is 51.0 Å². The van der Waals surface area contributed by atoms with Crippen molar-refractivity contribution in [1.82, 2.24) is 9.97 Å². The molecule has 0 saturated carbocycles. The van der Waals surface area contributed by atoms with E-state index in [-0.39, 0.29) is 0 Å². The van der Waals surface area contributed by atoms with Gasteiger partial charge in [0.2, 0.25) is 0 Å². The molecule has 0 atom stereocenters. The first-order chi connectivity index (χ1) is 45.2. The molecular weight excluding hydrogens is 1100 g/mol. The van der Waals surface area contributed by atoms with Crippen LogP contribution < -0.4 is 0 Å². The quantitative estimate of drug-likeness (QED) is 0.0608. The zero-order chi connectivity index (χ0) is 65.0. The van der Waals surface area contributed by atoms with Crippen molar-refractivity contribution in [3.8, 4) is 0 Å². The van der Waals surface area contributed by atoms with E-state index in [1.54, 1.807) is 5.56 Å². The van der Waals surface area contributed by atoms with Crippen molar-refractivity contribution >= 4 is 0 Å². The Morgan fingerprint density at radius 3 is 0.385 bits per heavy atom. The lowest BCUT2D eigenvalue weighted by atomic mass is 9.96. The Labute approximate surface area is 577 Å². The fraction of sp³-hybridized carbons (Fsp3) is 0.955. The fourth-order valence-corrected chi connectivity index (χ4v) is 15.3. The summed E-state index contributed by atoms with van der Waals surface area (Å²) in [4.78, 5) is 10.4. The Hall–Kier alpha value is -0.920. The summed E-state index contributed by atoms with van der Waals surface area (Å²) in [6, 6.07) is 0. The molecule has 540 valence electrons. The van der Waals surface area contributed by atoms with Crippen molar-refractivity contribution in [2.45, 2.75) is 548 Å². The van der Waals surface area contributed by atoms with Crippen LogP contribution in [0.5, 0.6) is 0 Å². The summed E-state index contributed by atoms with van der Waals surface area (Å²) in [5.41, 5.74) is 4.44. The average Bonchev–Trinajstić information content (AvgIpc) is 3.54. The van der Waals surface area contributed by atoms with Crippen LogP contribution in [0.1, 0.15) is 544 Å². The van der Waals surface area contributed by atoms with Gasteiger partial charge < -0.3 is 0 Å². The standard InChI is InChI=1S/C89H174N2/c1-5-8-11-14-17-20-23-26-29-32-35-38-41-44-47-50-53-56-59-62-65-68-71-74-77-80-83-87-88(84-81-78-75-72-69-66-63-60-57-54-51-48-45-42-39-36-33-30-27-24-21-18-15-12-9-6-2)90-86(4)91-89(87)85-82-79-76-73-70-67-64-61-58-55-52-49-46-43-40-37-34-31-28-25-22-19-16-13-10-7-3/h5-85H2,1-4H3. The van der Waals surface area contributed by atoms with Crippen molar-refractivity contribution in [2.75, 3.05) is 0 Å². The summed E-state index contributed by atoms with van der Waals surface area (Å²) in [5, 5.41) is 0. The number of aryl methyl sites for hydroxylation is 3. The van der Waals surface area contributed by atoms with Gasteiger partial charge in [-0.15, -0.1) is 0 Å². The number of rotatable bonds is 81. The van der Waals surface area contributed by atoms with Gasteiger partial charge in [0.25, 0.3) is 0 Å². The maximum atomic E-state index is 5.21. The van der Waals surface area contributed by atoms with Crippen LogP contribution in [0.3, 0.4) is 0 Å². The monoisotopic (exact) mass is 1270 g/mol. The summed E-state index contributed by atoms with van der Waals surface area (Å²) >= 11 is 0. The number of hydrogen-bond donors (Lipinski definition) is 0. The highest BCUT2D eigenvalue weighted by Crippen LogP contribution is 2.25. The smallest absolute Gasteiger partial charge is 0.125 e. The van der Waals surface area contributed by atoms with Gasteiger partial charge in [-0.25, -0.2) is 9.97 Å². The van der Waals surface area contributed by atoms with E-state index < -0.39 is 0 Å². The molecule has 1 rings (SSSR count). The van der Waals surface area contributed by atoms with Crippen molar-refractivity contribution in [3.63, 3.8) is 0 Å². The van der Waals surface area contributed by atoms with E-state index in [0.29, 0.717) is 0 Å². The highest BCUT2D eigenvalue weighted by Gasteiger charge is 2.14.